The molecule has 4 fully saturated rings. The second kappa shape index (κ2) is 30.5. The normalized spacial score (nSPS) is 37.0. The summed E-state index contributed by atoms with van der Waals surface area (Å²) in [4.78, 5) is 44.5. The van der Waals surface area contributed by atoms with E-state index in [9.17, 15) is 83.8 Å². The van der Waals surface area contributed by atoms with Gasteiger partial charge in [0, 0.05) is 12.5 Å². The van der Waals surface area contributed by atoms with Gasteiger partial charge in [-0.2, -0.15) is 8.42 Å². The number of carbonyl (C=O) groups is 4. The van der Waals surface area contributed by atoms with Gasteiger partial charge in [0.05, 0.1) is 56.5 Å². The molecular weight excluding hydrogens is 1130 g/mol. The quantitative estimate of drug-likeness (QED) is 0.0509. The van der Waals surface area contributed by atoms with E-state index in [0.29, 0.717) is 0 Å². The summed E-state index contributed by atoms with van der Waals surface area (Å²) in [7, 11) is -2.64. The van der Waals surface area contributed by atoms with E-state index in [0.717, 1.165) is 11.6 Å². The number of benzene rings is 1. The number of nitrogens with two attached hydrogens (primary N) is 1. The number of carboxylic acid groups (broad SMARTS) is 1. The summed E-state index contributed by atoms with van der Waals surface area (Å²) in [6.45, 7) is -1.46. The number of carbonyl (C=O) groups excluding carboxylic acids is 3. The van der Waals surface area contributed by atoms with E-state index >= 15 is 0 Å². The zero-order chi connectivity index (χ0) is 58.3. The highest BCUT2D eigenvalue weighted by Crippen LogP contribution is 2.39. The smallest absolute Gasteiger partial charge is 0.409 e. The monoisotopic (exact) mass is 1200 g/mol. The molecule has 31 nitrogen and oxygen atoms in total. The van der Waals surface area contributed by atoms with Crippen LogP contribution in [-0.4, -0.2) is 270 Å². The first-order chi connectivity index (χ1) is 36.0. The first kappa shape index (κ1) is 67.9. The predicted octanol–water partition coefficient (Wildman–Crippen LogP) is -8.08. The average molecular weight is 1200 g/mol. The molecule has 0 saturated carbocycles. The summed E-state index contributed by atoms with van der Waals surface area (Å²) in [6.07, 6.45) is -21.3. The highest BCUT2D eigenvalue weighted by molar-refractivity contribution is 7.85. The molecule has 20 atom stereocenters. The number of rotatable bonds is 17. The highest BCUT2D eigenvalue weighted by Gasteiger charge is 2.60. The van der Waals surface area contributed by atoms with Gasteiger partial charge in [0.25, 0.3) is 5.91 Å². The maximum atomic E-state index is 11.8. The number of halogens is 3. The minimum absolute atomic E-state index is 0.0729. The molecule has 18 N–H and O–H groups in total. The second-order valence-corrected chi connectivity index (χ2v) is 19.6. The van der Waals surface area contributed by atoms with Crippen LogP contribution in [0.1, 0.15) is 18.9 Å². The van der Waals surface area contributed by atoms with Crippen molar-refractivity contribution in [2.75, 3.05) is 45.3 Å². The summed E-state index contributed by atoms with van der Waals surface area (Å²) >= 11 is 17.3. The highest BCUT2D eigenvalue weighted by atomic mass is 35.5. The Labute approximate surface area is 453 Å². The first-order valence-electron chi connectivity index (χ1n) is 22.7. The van der Waals surface area contributed by atoms with Gasteiger partial charge in [0.1, 0.15) is 97.8 Å². The molecular formula is C42H64Cl3N3O28S. The number of allylic oxidation sites excluding steroid dienone is 1. The summed E-state index contributed by atoms with van der Waals surface area (Å²) in [5, 5.41) is 136. The largest absolute Gasteiger partial charge is 0.481 e. The molecule has 5 heterocycles. The van der Waals surface area contributed by atoms with Crippen LogP contribution in [0.3, 0.4) is 0 Å². The molecule has 5 aliphatic heterocycles. The van der Waals surface area contributed by atoms with E-state index in [1.165, 1.54) is 14.0 Å². The minimum Gasteiger partial charge on any atom is -0.481 e. The SMILES string of the molecule is CC1=CC(=O)NS(=O)(=O)O1.COC(=O)[C@H](Cc1ccccc1)NC(=O)[C@@H](N)CC(=O)O.OC[C@H]1O[C@@](CO)(O[C@H]2O[C@H](CO)[C@@H](O)[C@H](O)[C@H]2O)[C@@H](O)[C@@H]1O.OC[C@H]1O[C@H](O[C@]2(CCl)O[C@H](CCl)[C@@H](O)[C@@H]2O)[C@H](O)[C@@H](O)[C@H]1Cl. The van der Waals surface area contributed by atoms with Gasteiger partial charge in [-0.1, -0.05) is 30.3 Å². The number of nitrogens with one attached hydrogen (secondary N) is 2. The summed E-state index contributed by atoms with van der Waals surface area (Å²) in [5.74, 6) is -7.76. The first-order valence-corrected chi connectivity index (χ1v) is 25.6. The molecule has 1 aromatic rings. The number of methoxy groups -OCH3 is 1. The van der Waals surface area contributed by atoms with Crippen LogP contribution in [0.4, 0.5) is 0 Å². The van der Waals surface area contributed by atoms with Crippen LogP contribution < -0.4 is 15.8 Å². The van der Waals surface area contributed by atoms with Crippen molar-refractivity contribution in [3.05, 3.63) is 47.7 Å². The molecule has 6 rings (SSSR count). The zero-order valence-corrected chi connectivity index (χ0v) is 43.7. The van der Waals surface area contributed by atoms with Crippen LogP contribution in [0.25, 0.3) is 0 Å². The van der Waals surface area contributed by atoms with Gasteiger partial charge >= 0.3 is 22.2 Å². The van der Waals surface area contributed by atoms with Crippen LogP contribution in [0, 0.1) is 0 Å². The van der Waals surface area contributed by atoms with Gasteiger partial charge in [-0.3, -0.25) is 14.4 Å². The van der Waals surface area contributed by atoms with E-state index in [2.05, 4.69) is 14.2 Å². The topological polar surface area (TPSA) is 510 Å². The van der Waals surface area contributed by atoms with E-state index < -0.39 is 194 Å². The summed E-state index contributed by atoms with van der Waals surface area (Å²) < 4.78 is 63.0. The molecule has 35 heteroatoms. The average Bonchev–Trinajstić information content (AvgIpc) is 3.79. The van der Waals surface area contributed by atoms with Crippen LogP contribution in [0.15, 0.2) is 42.2 Å². The third-order valence-electron chi connectivity index (χ3n) is 11.6. The summed E-state index contributed by atoms with van der Waals surface area (Å²) in [6, 6.07) is 6.93. The Kier molecular flexibility index (Phi) is 26.9. The van der Waals surface area contributed by atoms with Gasteiger partial charge in [0.15, 0.2) is 12.6 Å². The molecule has 1 aromatic carbocycles. The molecule has 0 bridgehead atoms. The van der Waals surface area contributed by atoms with Crippen LogP contribution in [0.2, 0.25) is 0 Å². The number of esters is 1. The molecule has 0 aliphatic carbocycles. The minimum atomic E-state index is -3.85. The number of aliphatic hydroxyl groups excluding tert-OH is 13. The molecule has 0 aromatic heterocycles. The van der Waals surface area contributed by atoms with Gasteiger partial charge in [-0.15, -0.1) is 34.8 Å². The molecule has 2 amide bonds. The fraction of sp³-hybridized carbons (Fsp3) is 0.714. The Hall–Kier alpha value is -3.34. The lowest BCUT2D eigenvalue weighted by atomic mass is 9.99. The number of ether oxygens (including phenoxy) is 7. The fourth-order valence-corrected chi connectivity index (χ4v) is 9.05. The molecule has 77 heavy (non-hydrogen) atoms. The number of aliphatic carboxylic acids is 1. The van der Waals surface area contributed by atoms with Crippen molar-refractivity contribution in [1.82, 2.24) is 10.0 Å². The van der Waals surface area contributed by atoms with Crippen molar-refractivity contribution in [3.63, 3.8) is 0 Å². The fourth-order valence-electron chi connectivity index (χ4n) is 7.49. The Morgan fingerprint density at radius 1 is 0.766 bits per heavy atom. The van der Waals surface area contributed by atoms with Gasteiger partial charge < -0.3 is 120 Å². The number of hydrogen-bond donors (Lipinski definition) is 17. The summed E-state index contributed by atoms with van der Waals surface area (Å²) in [5.41, 5.74) is 6.29. The third kappa shape index (κ3) is 17.8. The molecule has 0 spiro atoms. The number of alkyl halides is 3. The number of hydrogen-bond acceptors (Lipinski definition) is 28. The van der Waals surface area contributed by atoms with Crippen LogP contribution in [0.5, 0.6) is 0 Å². The zero-order valence-electron chi connectivity index (χ0n) is 40.6. The lowest BCUT2D eigenvalue weighted by molar-refractivity contribution is -0.383. The van der Waals surface area contributed by atoms with Crippen LogP contribution >= 0.6 is 34.8 Å². The van der Waals surface area contributed by atoms with Crippen LogP contribution in [-0.2, 0) is 73.2 Å². The maximum absolute atomic E-state index is 11.8. The van der Waals surface area contributed by atoms with Gasteiger partial charge in [-0.05, 0) is 12.5 Å². The van der Waals surface area contributed by atoms with Gasteiger partial charge in [-0.25, -0.2) is 9.52 Å². The van der Waals surface area contributed by atoms with E-state index in [1.54, 1.807) is 16.9 Å². The maximum Gasteiger partial charge on any atom is 0.409 e. The van der Waals surface area contributed by atoms with Crippen molar-refractivity contribution < 1.29 is 136 Å². The molecule has 0 unspecified atom stereocenters. The van der Waals surface area contributed by atoms with Crippen molar-refractivity contribution in [3.8, 4) is 0 Å². The predicted molar refractivity (Wildman–Crippen MR) is 254 cm³/mol. The Morgan fingerprint density at radius 2 is 1.29 bits per heavy atom. The van der Waals surface area contributed by atoms with Gasteiger partial charge in [0.2, 0.25) is 17.5 Å². The lowest BCUT2D eigenvalue weighted by Crippen LogP contribution is -2.62. The Bertz CT molecular complexity index is 2120. The standard InChI is InChI=1S/C14H18N2O5.C12H19Cl3O8.C12H22O11.C4H5NO4S/c1-21-14(20)11(7-9-5-3-2-4-6-9)16-13(19)10(15)8-12(17)18;13-1-4-7(17)10(20)12(3-14,22-4)23-11-9(19)8(18)6(15)5(2-16)21-11;13-1-4-6(16)8(18)9(19)11(21-4)23-12(3-15)10(20)7(17)5(2-14)22-12;1-3-2-4(6)5-10(7,8)9-3/h2-6,10-11H,7-8,15H2,1H3,(H,16,19)(H,17,18);4-11,16-20H,1-3H2;4-11,13-20H,1-3H2;2H,1H3,(H,5,6)/t10-,11-;4-,5-,6+,7-,8+,9-,10+,11-,12+;4-,5-,6-,7-,8+,9-,10+,11-,12+;/m011./s1. The van der Waals surface area contributed by atoms with Crippen molar-refractivity contribution >= 4 is 68.9 Å². The van der Waals surface area contributed by atoms with Crippen molar-refractivity contribution in [2.24, 2.45) is 5.73 Å². The molecule has 0 radical (unpaired) electrons. The Balaban J connectivity index is 0.000000279. The molecule has 4 saturated heterocycles. The number of aliphatic hydroxyl groups is 13. The second-order valence-electron chi connectivity index (χ2n) is 17.3. The van der Waals surface area contributed by atoms with Crippen molar-refractivity contribution in [2.45, 2.75) is 141 Å². The van der Waals surface area contributed by atoms with E-state index in [4.69, 9.17) is 84.3 Å². The molecule has 5 aliphatic rings. The lowest BCUT2D eigenvalue weighted by Gasteiger charge is -2.43. The molecule has 442 valence electrons. The third-order valence-corrected chi connectivity index (χ3v) is 13.8. The van der Waals surface area contributed by atoms with Crippen molar-refractivity contribution in [1.29, 1.82) is 0 Å². The van der Waals surface area contributed by atoms with E-state index in [-0.39, 0.29) is 18.1 Å². The number of carboxylic acids is 1. The Morgan fingerprint density at radius 3 is 1.75 bits per heavy atom. The number of amides is 2. The van der Waals surface area contributed by atoms with E-state index in [1.807, 2.05) is 18.2 Å².